The minimum absolute atomic E-state index is 0.00749. The Labute approximate surface area is 193 Å². The Morgan fingerprint density at radius 3 is 2.42 bits per heavy atom. The van der Waals surface area contributed by atoms with Gasteiger partial charge in [-0.3, -0.25) is 14.4 Å². The molecule has 0 aliphatic rings. The van der Waals surface area contributed by atoms with Crippen molar-refractivity contribution in [2.75, 3.05) is 13.1 Å². The predicted octanol–water partition coefficient (Wildman–Crippen LogP) is 2.45. The molecule has 3 aromatic rings. The standard InChI is InChI=1S/C19H23N7O3.2C2H6/c1-11-9-13-10-26(19(29)25-16(13)24-11)14-5-3-12(4-6-14)15(17(27)28)22-7-2-8-23-18(20)21;2*1-2/h3-6,9-10,15,22H,2,7-8H2,1H3,(H,27,28)(H4,20,21,23)(H,24,25,29);2*1-2H3/t15-;;/m1../s1. The van der Waals surface area contributed by atoms with E-state index in [1.54, 1.807) is 30.5 Å². The van der Waals surface area contributed by atoms with Crippen LogP contribution in [-0.4, -0.2) is 44.7 Å². The minimum atomic E-state index is -0.998. The van der Waals surface area contributed by atoms with E-state index in [2.05, 4.69) is 20.3 Å². The fourth-order valence-electron chi connectivity index (χ4n) is 3.03. The van der Waals surface area contributed by atoms with Gasteiger partial charge in [-0.05, 0) is 43.7 Å². The maximum atomic E-state index is 12.3. The first-order valence-corrected chi connectivity index (χ1v) is 11.1. The summed E-state index contributed by atoms with van der Waals surface area (Å²) in [7, 11) is 0. The number of aromatic amines is 1. The second-order valence-electron chi connectivity index (χ2n) is 6.63. The second kappa shape index (κ2) is 13.7. The molecule has 7 N–H and O–H groups in total. The number of aliphatic imine (C=N–C) groups is 1. The van der Waals surface area contributed by atoms with Gasteiger partial charge in [0.2, 0.25) is 0 Å². The monoisotopic (exact) mass is 457 g/mol. The van der Waals surface area contributed by atoms with Crippen molar-refractivity contribution in [1.82, 2.24) is 19.9 Å². The van der Waals surface area contributed by atoms with Gasteiger partial charge in [-0.15, -0.1) is 0 Å². The molecule has 0 aliphatic heterocycles. The lowest BCUT2D eigenvalue weighted by Gasteiger charge is -2.15. The van der Waals surface area contributed by atoms with Crippen LogP contribution in [0.5, 0.6) is 0 Å². The first-order valence-electron chi connectivity index (χ1n) is 11.1. The highest BCUT2D eigenvalue weighted by molar-refractivity contribution is 5.77. The van der Waals surface area contributed by atoms with Gasteiger partial charge in [0.05, 0.1) is 5.69 Å². The van der Waals surface area contributed by atoms with Gasteiger partial charge in [0.1, 0.15) is 11.7 Å². The molecule has 2 aromatic heterocycles. The van der Waals surface area contributed by atoms with Crippen LogP contribution < -0.4 is 22.5 Å². The van der Waals surface area contributed by atoms with Crippen molar-refractivity contribution in [1.29, 1.82) is 0 Å². The number of carboxylic acids is 1. The van der Waals surface area contributed by atoms with Crippen molar-refractivity contribution >= 4 is 23.0 Å². The van der Waals surface area contributed by atoms with E-state index in [0.29, 0.717) is 36.4 Å². The SMILES string of the molecule is CC.CC.Cc1cc2cn(-c3ccc([C@@H](NCCCN=C(N)N)C(=O)O)cc3)c(=O)nc2[nH]1. The molecule has 10 nitrogen and oxygen atoms in total. The number of aryl methyl sites for hydroxylation is 1. The summed E-state index contributed by atoms with van der Waals surface area (Å²) in [5.74, 6) is -0.990. The van der Waals surface area contributed by atoms with Gasteiger partial charge in [-0.2, -0.15) is 4.98 Å². The van der Waals surface area contributed by atoms with E-state index in [0.717, 1.165) is 11.1 Å². The lowest BCUT2D eigenvalue weighted by Crippen LogP contribution is -2.30. The van der Waals surface area contributed by atoms with E-state index in [1.807, 2.05) is 40.7 Å². The number of H-pyrrole nitrogens is 1. The Kier molecular flexibility index (Phi) is 11.4. The first-order chi connectivity index (χ1) is 15.8. The summed E-state index contributed by atoms with van der Waals surface area (Å²) in [6.45, 7) is 10.7. The minimum Gasteiger partial charge on any atom is -0.480 e. The molecule has 0 radical (unpaired) electrons. The molecule has 0 saturated carbocycles. The third kappa shape index (κ3) is 7.76. The number of aromatic nitrogens is 3. The van der Waals surface area contributed by atoms with Gasteiger partial charge < -0.3 is 26.9 Å². The van der Waals surface area contributed by atoms with E-state index in [4.69, 9.17) is 11.5 Å². The summed E-state index contributed by atoms with van der Waals surface area (Å²) in [5, 5.41) is 13.3. The van der Waals surface area contributed by atoms with Crippen LogP contribution in [0.25, 0.3) is 16.7 Å². The molecular formula is C23H35N7O3. The summed E-state index contributed by atoms with van der Waals surface area (Å²) in [4.78, 5) is 34.9. The van der Waals surface area contributed by atoms with Gasteiger partial charge in [0, 0.05) is 23.8 Å². The third-order valence-corrected chi connectivity index (χ3v) is 4.37. The van der Waals surface area contributed by atoms with Crippen LogP contribution in [0.3, 0.4) is 0 Å². The zero-order valence-electron chi connectivity index (χ0n) is 19.9. The van der Waals surface area contributed by atoms with Crippen molar-refractivity contribution in [3.63, 3.8) is 0 Å². The summed E-state index contributed by atoms with van der Waals surface area (Å²) in [6, 6.07) is 7.76. The number of nitrogens with zero attached hydrogens (tertiary/aromatic N) is 3. The molecule has 3 rings (SSSR count). The molecule has 0 bridgehead atoms. The molecule has 1 atom stereocenters. The van der Waals surface area contributed by atoms with Crippen molar-refractivity contribution in [3.05, 3.63) is 58.3 Å². The Balaban J connectivity index is 0.00000129. The quantitative estimate of drug-likeness (QED) is 0.197. The molecule has 0 amide bonds. The molecule has 10 heteroatoms. The number of fused-ring (bicyclic) bond motifs is 1. The number of nitrogens with two attached hydrogens (primary N) is 2. The van der Waals surface area contributed by atoms with Crippen LogP contribution in [0.4, 0.5) is 0 Å². The number of hydrogen-bond donors (Lipinski definition) is 5. The van der Waals surface area contributed by atoms with Crippen LogP contribution in [0.15, 0.2) is 46.3 Å². The maximum Gasteiger partial charge on any atom is 0.354 e. The molecule has 0 unspecified atom stereocenters. The molecule has 33 heavy (non-hydrogen) atoms. The predicted molar refractivity (Wildman–Crippen MR) is 133 cm³/mol. The van der Waals surface area contributed by atoms with E-state index in [1.165, 1.54) is 4.57 Å². The van der Waals surface area contributed by atoms with Crippen LogP contribution in [0, 0.1) is 6.92 Å². The summed E-state index contributed by atoms with van der Waals surface area (Å²) in [6.07, 6.45) is 2.30. The van der Waals surface area contributed by atoms with Crippen LogP contribution in [-0.2, 0) is 4.79 Å². The number of benzene rings is 1. The Morgan fingerprint density at radius 1 is 1.21 bits per heavy atom. The Bertz CT molecular complexity index is 1100. The zero-order chi connectivity index (χ0) is 25.0. The first kappa shape index (κ1) is 27.4. The number of carbonyl (C=O) groups is 1. The highest BCUT2D eigenvalue weighted by Gasteiger charge is 2.19. The molecular weight excluding hydrogens is 422 g/mol. The summed E-state index contributed by atoms with van der Waals surface area (Å²) in [5.41, 5.74) is 12.7. The summed E-state index contributed by atoms with van der Waals surface area (Å²) >= 11 is 0. The van der Waals surface area contributed by atoms with Crippen molar-refractivity contribution in [2.45, 2.75) is 47.1 Å². The topological polar surface area (TPSA) is 164 Å². The number of aliphatic carboxylic acids is 1. The molecule has 0 spiro atoms. The highest BCUT2D eigenvalue weighted by Crippen LogP contribution is 2.17. The number of guanidine groups is 1. The number of nitrogens with one attached hydrogen (secondary N) is 2. The van der Waals surface area contributed by atoms with E-state index in [9.17, 15) is 14.7 Å². The van der Waals surface area contributed by atoms with Gasteiger partial charge in [-0.25, -0.2) is 4.79 Å². The van der Waals surface area contributed by atoms with Crippen molar-refractivity contribution in [2.24, 2.45) is 16.5 Å². The highest BCUT2D eigenvalue weighted by atomic mass is 16.4. The Morgan fingerprint density at radius 2 is 1.85 bits per heavy atom. The van der Waals surface area contributed by atoms with Gasteiger partial charge in [0.15, 0.2) is 5.96 Å². The van der Waals surface area contributed by atoms with Gasteiger partial charge in [0.25, 0.3) is 0 Å². The second-order valence-corrected chi connectivity index (χ2v) is 6.63. The number of rotatable bonds is 8. The Hall–Kier alpha value is -3.66. The zero-order valence-corrected chi connectivity index (χ0v) is 19.9. The van der Waals surface area contributed by atoms with Crippen LogP contribution in [0.2, 0.25) is 0 Å². The van der Waals surface area contributed by atoms with Crippen LogP contribution >= 0.6 is 0 Å². The largest absolute Gasteiger partial charge is 0.480 e. The van der Waals surface area contributed by atoms with Crippen molar-refractivity contribution in [3.8, 4) is 5.69 Å². The van der Waals surface area contributed by atoms with E-state index < -0.39 is 17.7 Å². The third-order valence-electron chi connectivity index (χ3n) is 4.37. The molecule has 0 saturated heterocycles. The average molecular weight is 458 g/mol. The number of hydrogen-bond acceptors (Lipinski definition) is 5. The fraction of sp³-hybridized carbons (Fsp3) is 0.391. The smallest absolute Gasteiger partial charge is 0.354 e. The maximum absolute atomic E-state index is 12.3. The lowest BCUT2D eigenvalue weighted by atomic mass is 10.1. The molecule has 0 fully saturated rings. The average Bonchev–Trinajstić information content (AvgIpc) is 3.17. The van der Waals surface area contributed by atoms with E-state index >= 15 is 0 Å². The summed E-state index contributed by atoms with van der Waals surface area (Å²) < 4.78 is 1.43. The lowest BCUT2D eigenvalue weighted by molar-refractivity contribution is -0.139. The normalized spacial score (nSPS) is 10.9. The molecule has 1 aromatic carbocycles. The molecule has 0 aliphatic carbocycles. The van der Waals surface area contributed by atoms with Gasteiger partial charge >= 0.3 is 11.7 Å². The van der Waals surface area contributed by atoms with Crippen molar-refractivity contribution < 1.29 is 9.90 Å². The molecule has 2 heterocycles. The fourth-order valence-corrected chi connectivity index (χ4v) is 3.03. The number of carboxylic acid groups (broad SMARTS) is 1. The van der Waals surface area contributed by atoms with Gasteiger partial charge in [-0.1, -0.05) is 39.8 Å². The van der Waals surface area contributed by atoms with E-state index in [-0.39, 0.29) is 5.96 Å². The van der Waals surface area contributed by atoms with Crippen LogP contribution in [0.1, 0.15) is 51.4 Å². The molecule has 180 valence electrons.